The molecular weight excluding hydrogens is 412 g/mol. The second-order valence-electron chi connectivity index (χ2n) is 6.73. The Morgan fingerprint density at radius 1 is 1.33 bits per heavy atom. The first kappa shape index (κ1) is 21.5. The van der Waals surface area contributed by atoms with Crippen molar-refractivity contribution in [3.8, 4) is 0 Å². The quantitative estimate of drug-likeness (QED) is 0.460. The van der Waals surface area contributed by atoms with Gasteiger partial charge in [-0.05, 0) is 43.9 Å². The fourth-order valence-electron chi connectivity index (χ4n) is 3.28. The topological polar surface area (TPSA) is 142 Å². The van der Waals surface area contributed by atoms with E-state index in [-0.39, 0.29) is 30.5 Å². The lowest BCUT2D eigenvalue weighted by molar-refractivity contribution is -0.122. The largest absolute Gasteiger partial charge is 0.483 e. The molecule has 0 saturated heterocycles. The van der Waals surface area contributed by atoms with Gasteiger partial charge in [0, 0.05) is 29.5 Å². The van der Waals surface area contributed by atoms with E-state index in [4.69, 9.17) is 21.5 Å². The molecule has 0 aliphatic heterocycles. The summed E-state index contributed by atoms with van der Waals surface area (Å²) >= 11 is 6.21. The van der Waals surface area contributed by atoms with Crippen LogP contribution in [0.2, 0.25) is 5.02 Å². The molecule has 1 fully saturated rings. The maximum atomic E-state index is 12.3. The van der Waals surface area contributed by atoms with E-state index in [1.54, 1.807) is 35.0 Å². The standard InChI is InChI=1S/C18H19ClN6O2.CH2O2/c19-12-7-15(21-13-4-1-5-14(26)9-13)25-16(8-12)22-18(24-25)23-17(27)11-3-2-6-20-10-11;2-1-3/h2-3,6-8,10,13-14,21,26H,1,4-5,9H2,(H,23,24,27);1H,(H,2,3). The Kier molecular flexibility index (Phi) is 7.15. The van der Waals surface area contributed by atoms with Gasteiger partial charge in [-0.3, -0.25) is 19.9 Å². The lowest BCUT2D eigenvalue weighted by Gasteiger charge is -2.27. The minimum absolute atomic E-state index is 0.132. The number of nitrogens with zero attached hydrogens (tertiary/aromatic N) is 4. The molecule has 10 nitrogen and oxygen atoms in total. The third-order valence-electron chi connectivity index (χ3n) is 4.55. The Morgan fingerprint density at radius 2 is 2.13 bits per heavy atom. The highest BCUT2D eigenvalue weighted by atomic mass is 35.5. The van der Waals surface area contributed by atoms with Crippen LogP contribution < -0.4 is 10.6 Å². The Balaban J connectivity index is 0.000000806. The van der Waals surface area contributed by atoms with Gasteiger partial charge in [-0.15, -0.1) is 5.10 Å². The molecule has 158 valence electrons. The van der Waals surface area contributed by atoms with Crippen LogP contribution in [0.25, 0.3) is 5.65 Å². The number of nitrogens with one attached hydrogen (secondary N) is 2. The second-order valence-corrected chi connectivity index (χ2v) is 7.16. The molecule has 1 amide bonds. The molecule has 0 radical (unpaired) electrons. The molecule has 3 heterocycles. The van der Waals surface area contributed by atoms with Crippen molar-refractivity contribution in [1.82, 2.24) is 19.6 Å². The molecule has 2 unspecified atom stereocenters. The Hall–Kier alpha value is -3.24. The van der Waals surface area contributed by atoms with Gasteiger partial charge in [0.05, 0.1) is 11.7 Å². The summed E-state index contributed by atoms with van der Waals surface area (Å²) in [7, 11) is 0. The Morgan fingerprint density at radius 3 is 2.83 bits per heavy atom. The van der Waals surface area contributed by atoms with Gasteiger partial charge in [0.25, 0.3) is 12.4 Å². The number of carbonyl (C=O) groups is 2. The molecule has 1 aliphatic carbocycles. The number of halogens is 1. The minimum atomic E-state index is -0.338. The average molecular weight is 433 g/mol. The molecule has 0 aromatic carbocycles. The number of fused-ring (bicyclic) bond motifs is 1. The molecule has 3 aromatic heterocycles. The Labute approximate surface area is 176 Å². The SMILES string of the molecule is O=C(Nc1nc2cc(Cl)cc(NC3CCCC(O)C3)n2n1)c1cccnc1.O=CO. The molecule has 30 heavy (non-hydrogen) atoms. The minimum Gasteiger partial charge on any atom is -0.483 e. The summed E-state index contributed by atoms with van der Waals surface area (Å²) in [5.41, 5.74) is 0.937. The zero-order valence-electron chi connectivity index (χ0n) is 15.9. The van der Waals surface area contributed by atoms with Gasteiger partial charge >= 0.3 is 0 Å². The number of carbonyl (C=O) groups excluding carboxylic acids is 1. The highest BCUT2D eigenvalue weighted by molar-refractivity contribution is 6.31. The van der Waals surface area contributed by atoms with Crippen LogP contribution in [0.15, 0.2) is 36.7 Å². The van der Waals surface area contributed by atoms with Crippen LogP contribution in [-0.2, 0) is 4.79 Å². The molecule has 4 rings (SSSR count). The lowest BCUT2D eigenvalue weighted by atomic mass is 9.93. The highest BCUT2D eigenvalue weighted by Crippen LogP contribution is 2.25. The van der Waals surface area contributed by atoms with Gasteiger partial charge in [0.1, 0.15) is 5.82 Å². The second kappa shape index (κ2) is 9.99. The number of hydrogen-bond donors (Lipinski definition) is 4. The van der Waals surface area contributed by atoms with Crippen LogP contribution >= 0.6 is 11.6 Å². The first-order valence-electron chi connectivity index (χ1n) is 9.30. The van der Waals surface area contributed by atoms with Crippen LogP contribution in [0.4, 0.5) is 11.8 Å². The number of aromatic nitrogens is 4. The number of aliphatic hydroxyl groups excluding tert-OH is 1. The monoisotopic (exact) mass is 432 g/mol. The van der Waals surface area contributed by atoms with Crippen molar-refractivity contribution in [3.05, 3.63) is 47.2 Å². The van der Waals surface area contributed by atoms with E-state index in [0.717, 1.165) is 19.3 Å². The van der Waals surface area contributed by atoms with Crippen molar-refractivity contribution in [3.63, 3.8) is 0 Å². The van der Waals surface area contributed by atoms with Crippen molar-refractivity contribution in [1.29, 1.82) is 0 Å². The number of anilines is 2. The number of amides is 1. The molecule has 1 aliphatic rings. The van der Waals surface area contributed by atoms with Crippen molar-refractivity contribution >= 4 is 41.4 Å². The first-order chi connectivity index (χ1) is 14.5. The maximum Gasteiger partial charge on any atom is 0.290 e. The average Bonchev–Trinajstić information content (AvgIpc) is 3.11. The van der Waals surface area contributed by atoms with Crippen molar-refractivity contribution in [2.75, 3.05) is 10.6 Å². The summed E-state index contributed by atoms with van der Waals surface area (Å²) in [5, 5.41) is 27.7. The van der Waals surface area contributed by atoms with Crippen LogP contribution in [0.1, 0.15) is 36.0 Å². The van der Waals surface area contributed by atoms with E-state index in [2.05, 4.69) is 25.7 Å². The van der Waals surface area contributed by atoms with Crippen LogP contribution in [0.5, 0.6) is 0 Å². The third-order valence-corrected chi connectivity index (χ3v) is 4.77. The molecule has 1 saturated carbocycles. The van der Waals surface area contributed by atoms with Gasteiger partial charge in [0.15, 0.2) is 5.65 Å². The van der Waals surface area contributed by atoms with E-state index in [1.807, 2.05) is 0 Å². The van der Waals surface area contributed by atoms with E-state index in [1.165, 1.54) is 6.20 Å². The highest BCUT2D eigenvalue weighted by Gasteiger charge is 2.21. The summed E-state index contributed by atoms with van der Waals surface area (Å²) in [6, 6.07) is 6.92. The van der Waals surface area contributed by atoms with Crippen LogP contribution in [-0.4, -0.2) is 54.3 Å². The molecule has 0 bridgehead atoms. The predicted octanol–water partition coefficient (Wildman–Crippen LogP) is 2.45. The van der Waals surface area contributed by atoms with E-state index in [0.29, 0.717) is 28.5 Å². The van der Waals surface area contributed by atoms with Gasteiger partial charge in [-0.1, -0.05) is 11.6 Å². The molecule has 4 N–H and O–H groups in total. The lowest BCUT2D eigenvalue weighted by Crippen LogP contribution is -2.30. The van der Waals surface area contributed by atoms with Crippen LogP contribution in [0.3, 0.4) is 0 Å². The summed E-state index contributed by atoms with van der Waals surface area (Å²) < 4.78 is 1.60. The summed E-state index contributed by atoms with van der Waals surface area (Å²) in [4.78, 5) is 28.9. The zero-order chi connectivity index (χ0) is 21.5. The smallest absolute Gasteiger partial charge is 0.290 e. The molecular formula is C19H21ClN6O4. The number of aliphatic hydroxyl groups is 1. The first-order valence-corrected chi connectivity index (χ1v) is 9.68. The summed E-state index contributed by atoms with van der Waals surface area (Å²) in [6.45, 7) is -0.250. The van der Waals surface area contributed by atoms with Gasteiger partial charge < -0.3 is 15.5 Å². The van der Waals surface area contributed by atoms with Crippen molar-refractivity contribution < 1.29 is 19.8 Å². The molecule has 3 aromatic rings. The fraction of sp³-hybridized carbons (Fsp3) is 0.316. The van der Waals surface area contributed by atoms with Gasteiger partial charge in [0.2, 0.25) is 5.95 Å². The normalized spacial score (nSPS) is 18.2. The number of carboxylic acid groups (broad SMARTS) is 1. The van der Waals surface area contributed by atoms with E-state index >= 15 is 0 Å². The van der Waals surface area contributed by atoms with Gasteiger partial charge in [-0.2, -0.15) is 9.50 Å². The van der Waals surface area contributed by atoms with E-state index < -0.39 is 0 Å². The molecule has 2 atom stereocenters. The summed E-state index contributed by atoms with van der Waals surface area (Å²) in [5.74, 6) is 0.513. The van der Waals surface area contributed by atoms with Crippen molar-refractivity contribution in [2.45, 2.75) is 37.8 Å². The number of rotatable bonds is 4. The van der Waals surface area contributed by atoms with Crippen molar-refractivity contribution in [2.24, 2.45) is 0 Å². The zero-order valence-corrected chi connectivity index (χ0v) is 16.7. The molecule has 0 spiro atoms. The molecule has 11 heteroatoms. The Bertz CT molecular complexity index is 1010. The maximum absolute atomic E-state index is 12.3. The fourth-order valence-corrected chi connectivity index (χ4v) is 3.48. The van der Waals surface area contributed by atoms with Crippen LogP contribution in [0, 0.1) is 0 Å². The number of hydrogen-bond acceptors (Lipinski definition) is 7. The third kappa shape index (κ3) is 5.43. The van der Waals surface area contributed by atoms with E-state index in [9.17, 15) is 9.90 Å². The number of pyridine rings is 2. The predicted molar refractivity (Wildman–Crippen MR) is 111 cm³/mol. The van der Waals surface area contributed by atoms with Gasteiger partial charge in [-0.25, -0.2) is 0 Å². The summed E-state index contributed by atoms with van der Waals surface area (Å²) in [6.07, 6.45) is 6.21.